The number of piperidine rings is 1. The first-order chi connectivity index (χ1) is 6.20. The second-order valence-electron chi connectivity index (χ2n) is 4.68. The fourth-order valence-corrected chi connectivity index (χ4v) is 3.14. The zero-order valence-electron chi connectivity index (χ0n) is 8.08. The maximum absolute atomic E-state index is 4.56. The summed E-state index contributed by atoms with van der Waals surface area (Å²) >= 11 is 8.96. The van der Waals surface area contributed by atoms with Crippen LogP contribution in [0.5, 0.6) is 0 Å². The molecule has 0 radical (unpaired) electrons. The van der Waals surface area contributed by atoms with Crippen LogP contribution in [0.25, 0.3) is 0 Å². The average molecular weight is 217 g/mol. The standard InChI is InChI=1S/C10H19NS2/c12-9-1-3-10(4-2-9)5-7-11(13)8-6-10/h9,12-13H,1-8H2. The molecular formula is C10H19NS2. The van der Waals surface area contributed by atoms with E-state index in [4.69, 9.17) is 0 Å². The normalized spacial score (nSPS) is 30.9. The van der Waals surface area contributed by atoms with Gasteiger partial charge in [0.2, 0.25) is 0 Å². The molecule has 0 aromatic heterocycles. The predicted octanol–water partition coefficient (Wildman–Crippen LogP) is 2.79. The molecule has 0 bridgehead atoms. The number of thiol groups is 2. The van der Waals surface area contributed by atoms with Crippen molar-refractivity contribution in [1.82, 2.24) is 4.31 Å². The molecule has 1 saturated heterocycles. The lowest BCUT2D eigenvalue weighted by atomic mass is 9.68. The van der Waals surface area contributed by atoms with Crippen LogP contribution in [0.4, 0.5) is 0 Å². The Labute approximate surface area is 92.2 Å². The van der Waals surface area contributed by atoms with Gasteiger partial charge in [-0.1, -0.05) is 12.8 Å². The molecule has 0 unspecified atom stereocenters. The van der Waals surface area contributed by atoms with E-state index in [0.717, 1.165) is 0 Å². The molecule has 1 spiro atoms. The predicted molar refractivity (Wildman–Crippen MR) is 63.5 cm³/mol. The van der Waals surface area contributed by atoms with Crippen molar-refractivity contribution in [2.75, 3.05) is 13.1 Å². The topological polar surface area (TPSA) is 3.24 Å². The lowest BCUT2D eigenvalue weighted by Crippen LogP contribution is -2.38. The third kappa shape index (κ3) is 2.37. The minimum atomic E-state index is 0.679. The largest absolute Gasteiger partial charge is 0.253 e. The van der Waals surface area contributed by atoms with Gasteiger partial charge in [0.25, 0.3) is 0 Å². The molecule has 76 valence electrons. The molecule has 0 atom stereocenters. The minimum absolute atomic E-state index is 0.679. The zero-order chi connectivity index (χ0) is 9.31. The third-order valence-corrected chi connectivity index (χ3v) is 4.73. The summed E-state index contributed by atoms with van der Waals surface area (Å²) in [6.07, 6.45) is 8.19. The quantitative estimate of drug-likeness (QED) is 0.590. The maximum Gasteiger partial charge on any atom is 0.00922 e. The van der Waals surface area contributed by atoms with Crippen LogP contribution in [0.2, 0.25) is 0 Å². The van der Waals surface area contributed by atoms with Gasteiger partial charge in [0, 0.05) is 18.3 Å². The van der Waals surface area contributed by atoms with E-state index in [0.29, 0.717) is 10.7 Å². The van der Waals surface area contributed by atoms with Crippen LogP contribution in [0, 0.1) is 5.41 Å². The first-order valence-corrected chi connectivity index (χ1v) is 6.24. The molecule has 1 aliphatic heterocycles. The van der Waals surface area contributed by atoms with E-state index in [2.05, 4.69) is 29.7 Å². The van der Waals surface area contributed by atoms with E-state index in [-0.39, 0.29) is 0 Å². The van der Waals surface area contributed by atoms with Crippen LogP contribution >= 0.6 is 25.4 Å². The Morgan fingerprint density at radius 3 is 2.08 bits per heavy atom. The number of rotatable bonds is 0. The first-order valence-electron chi connectivity index (χ1n) is 5.32. The van der Waals surface area contributed by atoms with E-state index < -0.39 is 0 Å². The summed E-state index contributed by atoms with van der Waals surface area (Å²) in [7, 11) is 0. The van der Waals surface area contributed by atoms with Crippen LogP contribution in [0.3, 0.4) is 0 Å². The molecule has 0 N–H and O–H groups in total. The van der Waals surface area contributed by atoms with Crippen molar-refractivity contribution in [3.8, 4) is 0 Å². The number of hydrogen-bond donors (Lipinski definition) is 2. The molecule has 1 heterocycles. The van der Waals surface area contributed by atoms with Gasteiger partial charge in [-0.3, -0.25) is 4.31 Å². The molecule has 3 heteroatoms. The second kappa shape index (κ2) is 4.03. The Morgan fingerprint density at radius 1 is 1.00 bits per heavy atom. The van der Waals surface area contributed by atoms with Crippen LogP contribution < -0.4 is 0 Å². The fraction of sp³-hybridized carbons (Fsp3) is 1.00. The van der Waals surface area contributed by atoms with E-state index in [9.17, 15) is 0 Å². The monoisotopic (exact) mass is 217 g/mol. The first kappa shape index (κ1) is 10.2. The lowest BCUT2D eigenvalue weighted by Gasteiger charge is -2.44. The van der Waals surface area contributed by atoms with Crippen molar-refractivity contribution < 1.29 is 0 Å². The zero-order valence-corrected chi connectivity index (χ0v) is 9.86. The molecule has 1 saturated carbocycles. The van der Waals surface area contributed by atoms with Crippen molar-refractivity contribution in [2.24, 2.45) is 5.41 Å². The van der Waals surface area contributed by atoms with Gasteiger partial charge < -0.3 is 0 Å². The van der Waals surface area contributed by atoms with Crippen molar-refractivity contribution >= 4 is 25.4 Å². The van der Waals surface area contributed by atoms with E-state index >= 15 is 0 Å². The molecule has 1 nitrogen and oxygen atoms in total. The Morgan fingerprint density at radius 2 is 1.54 bits per heavy atom. The molecule has 0 aromatic carbocycles. The Hall–Kier alpha value is 0.660. The fourth-order valence-electron chi connectivity index (χ4n) is 2.68. The van der Waals surface area contributed by atoms with Crippen molar-refractivity contribution in [3.63, 3.8) is 0 Å². The molecular weight excluding hydrogens is 198 g/mol. The summed E-state index contributed by atoms with van der Waals surface area (Å²) in [6, 6.07) is 0. The highest BCUT2D eigenvalue weighted by atomic mass is 32.1. The van der Waals surface area contributed by atoms with Gasteiger partial charge >= 0.3 is 0 Å². The summed E-state index contributed by atoms with van der Waals surface area (Å²) in [6.45, 7) is 2.36. The van der Waals surface area contributed by atoms with Crippen LogP contribution in [-0.4, -0.2) is 22.6 Å². The van der Waals surface area contributed by atoms with Crippen molar-refractivity contribution in [3.05, 3.63) is 0 Å². The summed E-state index contributed by atoms with van der Waals surface area (Å²) in [5.74, 6) is 0. The summed E-state index contributed by atoms with van der Waals surface area (Å²) in [4.78, 5) is 0. The summed E-state index contributed by atoms with van der Waals surface area (Å²) < 4.78 is 2.16. The summed E-state index contributed by atoms with van der Waals surface area (Å²) in [5, 5.41) is 0.680. The Kier molecular flexibility index (Phi) is 3.16. The Bertz CT molecular complexity index is 144. The molecule has 13 heavy (non-hydrogen) atoms. The van der Waals surface area contributed by atoms with Crippen LogP contribution in [0.1, 0.15) is 38.5 Å². The smallest absolute Gasteiger partial charge is 0.00922 e. The minimum Gasteiger partial charge on any atom is -0.253 e. The van der Waals surface area contributed by atoms with E-state index in [1.807, 2.05) is 0 Å². The molecule has 2 rings (SSSR count). The molecule has 0 aromatic rings. The van der Waals surface area contributed by atoms with Gasteiger partial charge in [-0.25, -0.2) is 0 Å². The molecule has 2 aliphatic rings. The highest BCUT2D eigenvalue weighted by molar-refractivity contribution is 7.80. The van der Waals surface area contributed by atoms with Crippen LogP contribution in [0.15, 0.2) is 0 Å². The van der Waals surface area contributed by atoms with Crippen LogP contribution in [-0.2, 0) is 0 Å². The third-order valence-electron chi connectivity index (χ3n) is 3.82. The van der Waals surface area contributed by atoms with E-state index in [1.165, 1.54) is 51.6 Å². The highest BCUT2D eigenvalue weighted by Gasteiger charge is 2.36. The second-order valence-corrected chi connectivity index (χ2v) is 5.98. The SMILES string of the molecule is SC1CCC2(CC1)CCN(S)CC2. The van der Waals surface area contributed by atoms with Crippen molar-refractivity contribution in [1.29, 1.82) is 0 Å². The van der Waals surface area contributed by atoms with Gasteiger partial charge in [0.05, 0.1) is 0 Å². The maximum atomic E-state index is 4.56. The summed E-state index contributed by atoms with van der Waals surface area (Å²) in [5.41, 5.74) is 0.679. The van der Waals surface area contributed by atoms with E-state index in [1.54, 1.807) is 0 Å². The number of hydrogen-bond acceptors (Lipinski definition) is 3. The molecule has 2 fully saturated rings. The highest BCUT2D eigenvalue weighted by Crippen LogP contribution is 2.45. The van der Waals surface area contributed by atoms with Gasteiger partial charge in [0.15, 0.2) is 0 Å². The molecule has 1 aliphatic carbocycles. The lowest BCUT2D eigenvalue weighted by molar-refractivity contribution is 0.110. The van der Waals surface area contributed by atoms with Gasteiger partial charge in [-0.15, -0.1) is 0 Å². The molecule has 0 amide bonds. The average Bonchev–Trinajstić information content (AvgIpc) is 2.16. The van der Waals surface area contributed by atoms with Gasteiger partial charge in [-0.05, 0) is 43.9 Å². The van der Waals surface area contributed by atoms with Crippen molar-refractivity contribution in [2.45, 2.75) is 43.8 Å². The Balaban J connectivity index is 1.90. The van der Waals surface area contributed by atoms with Gasteiger partial charge in [-0.2, -0.15) is 12.6 Å². The van der Waals surface area contributed by atoms with Gasteiger partial charge in [0.1, 0.15) is 0 Å². The number of nitrogens with zero attached hydrogens (tertiary/aromatic N) is 1.